The fraction of sp³-hybridized carbons (Fsp3) is 0.500. The molecule has 4 aliphatic heterocycles. The molecule has 2 aromatic rings. The molecule has 1 aromatic heterocycles. The van der Waals surface area contributed by atoms with Gasteiger partial charge in [0.15, 0.2) is 5.17 Å². The number of aldehydes is 1. The molecule has 2 unspecified atom stereocenters. The van der Waals surface area contributed by atoms with Crippen molar-refractivity contribution in [1.29, 1.82) is 0 Å². The van der Waals surface area contributed by atoms with Gasteiger partial charge in [0, 0.05) is 95.2 Å². The Hall–Kier alpha value is -3.48. The van der Waals surface area contributed by atoms with E-state index in [1.165, 1.54) is 23.0 Å². The summed E-state index contributed by atoms with van der Waals surface area (Å²) in [5.74, 6) is 1.91. The molecular weight excluding hydrogens is 550 g/mol. The van der Waals surface area contributed by atoms with Gasteiger partial charge in [-0.1, -0.05) is 30.5 Å². The van der Waals surface area contributed by atoms with Crippen LogP contribution < -0.4 is 20.4 Å². The Kier molecular flexibility index (Phi) is 9.01. The molecule has 222 valence electrons. The largest absolute Gasteiger partial charge is 0.369 e. The highest BCUT2D eigenvalue weighted by molar-refractivity contribution is 8.15. The van der Waals surface area contributed by atoms with Crippen molar-refractivity contribution in [3.05, 3.63) is 54.5 Å². The molecule has 42 heavy (non-hydrogen) atoms. The number of amidine groups is 1. The molecule has 0 aliphatic carbocycles. The van der Waals surface area contributed by atoms with Crippen LogP contribution in [0, 0.1) is 0 Å². The number of aliphatic imine (C=N–C) groups is 1. The third kappa shape index (κ3) is 6.93. The average molecular weight is 590 g/mol. The average Bonchev–Trinajstić information content (AvgIpc) is 3.48. The maximum Gasteiger partial charge on any atom is 0.224 e. The van der Waals surface area contributed by atoms with E-state index in [1.807, 2.05) is 6.07 Å². The van der Waals surface area contributed by atoms with Gasteiger partial charge in [0.25, 0.3) is 0 Å². The van der Waals surface area contributed by atoms with E-state index in [9.17, 15) is 9.59 Å². The molecule has 3 fully saturated rings. The highest BCUT2D eigenvalue weighted by Gasteiger charge is 2.25. The number of hydrogen-bond acceptors (Lipinski definition) is 11. The first-order valence-corrected chi connectivity index (χ1v) is 15.7. The Bertz CT molecular complexity index is 1300. The summed E-state index contributed by atoms with van der Waals surface area (Å²) >= 11 is 1.44. The molecule has 2 N–H and O–H groups in total. The molecule has 0 spiro atoms. The maximum absolute atomic E-state index is 11.6. The SMILES string of the molecule is C=C1NC(=O)CCC1c1ccc(N2CCN(CCN3CCN(c4cc(NC5=NCC(C=O)S5)ncn4)CC3)CC2)cc1. The lowest BCUT2D eigenvalue weighted by molar-refractivity contribution is -0.121. The Labute approximate surface area is 251 Å². The van der Waals surface area contributed by atoms with Crippen molar-refractivity contribution < 1.29 is 9.59 Å². The van der Waals surface area contributed by atoms with Crippen molar-refractivity contribution in [2.75, 3.05) is 87.1 Å². The van der Waals surface area contributed by atoms with E-state index in [2.05, 4.69) is 76.0 Å². The predicted molar refractivity (Wildman–Crippen MR) is 168 cm³/mol. The number of aromatic nitrogens is 2. The molecule has 3 saturated heterocycles. The van der Waals surface area contributed by atoms with Crippen molar-refractivity contribution >= 4 is 46.4 Å². The third-order valence-corrected chi connectivity index (χ3v) is 9.58. The zero-order valence-electron chi connectivity index (χ0n) is 24.0. The first-order chi connectivity index (χ1) is 20.5. The number of nitrogens with one attached hydrogen (secondary N) is 2. The van der Waals surface area contributed by atoms with Gasteiger partial charge in [-0.05, 0) is 24.1 Å². The minimum absolute atomic E-state index is 0.0730. The molecule has 2 atom stereocenters. The summed E-state index contributed by atoms with van der Waals surface area (Å²) in [6.45, 7) is 14.8. The molecule has 11 nitrogen and oxygen atoms in total. The molecule has 4 aliphatic rings. The van der Waals surface area contributed by atoms with Crippen LogP contribution >= 0.6 is 11.8 Å². The van der Waals surface area contributed by atoms with Crippen LogP contribution in [-0.4, -0.2) is 114 Å². The summed E-state index contributed by atoms with van der Waals surface area (Å²) in [5.41, 5.74) is 3.31. The summed E-state index contributed by atoms with van der Waals surface area (Å²) < 4.78 is 0. The van der Waals surface area contributed by atoms with Crippen molar-refractivity contribution in [2.24, 2.45) is 4.99 Å². The molecule has 0 bridgehead atoms. The van der Waals surface area contributed by atoms with Gasteiger partial charge in [-0.15, -0.1) is 0 Å². The van der Waals surface area contributed by atoms with Gasteiger partial charge in [-0.3, -0.25) is 19.6 Å². The first kappa shape index (κ1) is 28.6. The number of benzene rings is 1. The van der Waals surface area contributed by atoms with Gasteiger partial charge < -0.3 is 25.2 Å². The van der Waals surface area contributed by atoms with Crippen molar-refractivity contribution in [2.45, 2.75) is 24.0 Å². The zero-order valence-corrected chi connectivity index (χ0v) is 24.8. The van der Waals surface area contributed by atoms with Gasteiger partial charge in [-0.2, -0.15) is 0 Å². The fourth-order valence-corrected chi connectivity index (χ4v) is 6.81. The summed E-state index contributed by atoms with van der Waals surface area (Å²) in [4.78, 5) is 45.7. The second kappa shape index (κ2) is 13.2. The summed E-state index contributed by atoms with van der Waals surface area (Å²) in [6, 6.07) is 10.8. The van der Waals surface area contributed by atoms with E-state index in [4.69, 9.17) is 0 Å². The Balaban J connectivity index is 0.910. The lowest BCUT2D eigenvalue weighted by atomic mass is 9.88. The molecule has 0 saturated carbocycles. The van der Waals surface area contributed by atoms with Crippen LogP contribution in [0.5, 0.6) is 0 Å². The van der Waals surface area contributed by atoms with Crippen LogP contribution in [0.2, 0.25) is 0 Å². The third-order valence-electron chi connectivity index (χ3n) is 8.56. The minimum atomic E-state index is -0.107. The smallest absolute Gasteiger partial charge is 0.224 e. The predicted octanol–water partition coefficient (Wildman–Crippen LogP) is 2.01. The summed E-state index contributed by atoms with van der Waals surface area (Å²) in [6.07, 6.45) is 3.92. The number of rotatable bonds is 8. The van der Waals surface area contributed by atoms with Gasteiger partial charge >= 0.3 is 0 Å². The van der Waals surface area contributed by atoms with E-state index in [1.54, 1.807) is 6.33 Å². The second-order valence-corrected chi connectivity index (χ2v) is 12.5. The monoisotopic (exact) mass is 589 g/mol. The quantitative estimate of drug-likeness (QED) is 0.444. The van der Waals surface area contributed by atoms with E-state index in [-0.39, 0.29) is 17.1 Å². The van der Waals surface area contributed by atoms with Crippen molar-refractivity contribution in [1.82, 2.24) is 25.1 Å². The molecule has 1 aromatic carbocycles. The molecule has 1 amide bonds. The number of anilines is 3. The van der Waals surface area contributed by atoms with Crippen molar-refractivity contribution in [3.63, 3.8) is 0 Å². The second-order valence-electron chi connectivity index (χ2n) is 11.2. The molecule has 6 rings (SSSR count). The number of piperidine rings is 1. The zero-order chi connectivity index (χ0) is 28.9. The van der Waals surface area contributed by atoms with Crippen molar-refractivity contribution in [3.8, 4) is 0 Å². The Morgan fingerprint density at radius 2 is 1.67 bits per heavy atom. The number of piperazine rings is 2. The lowest BCUT2D eigenvalue weighted by Gasteiger charge is -2.39. The topological polar surface area (TPSA) is 109 Å². The van der Waals surface area contributed by atoms with Gasteiger partial charge in [0.2, 0.25) is 5.91 Å². The summed E-state index contributed by atoms with van der Waals surface area (Å²) in [7, 11) is 0. The van der Waals surface area contributed by atoms with E-state index < -0.39 is 0 Å². The van der Waals surface area contributed by atoms with Crippen LogP contribution in [0.25, 0.3) is 0 Å². The fourth-order valence-electron chi connectivity index (χ4n) is 6.01. The van der Waals surface area contributed by atoms with Crippen LogP contribution in [0.4, 0.5) is 17.3 Å². The molecule has 12 heteroatoms. The van der Waals surface area contributed by atoms with E-state index in [0.29, 0.717) is 18.8 Å². The normalized spacial score (nSPS) is 24.0. The van der Waals surface area contributed by atoms with Crippen LogP contribution in [0.15, 0.2) is 53.9 Å². The number of carbonyl (C=O) groups is 2. The number of hydrogen-bond donors (Lipinski definition) is 2. The number of allylic oxidation sites excluding steroid dienone is 1. The van der Waals surface area contributed by atoms with Crippen LogP contribution in [-0.2, 0) is 9.59 Å². The van der Waals surface area contributed by atoms with Crippen LogP contribution in [0.3, 0.4) is 0 Å². The highest BCUT2D eigenvalue weighted by Crippen LogP contribution is 2.31. The minimum Gasteiger partial charge on any atom is -0.369 e. The Morgan fingerprint density at radius 1 is 0.976 bits per heavy atom. The number of nitrogens with zero attached hydrogens (tertiary/aromatic N) is 7. The highest BCUT2D eigenvalue weighted by atomic mass is 32.2. The number of carbonyl (C=O) groups excluding carboxylic acids is 2. The molecule has 5 heterocycles. The lowest BCUT2D eigenvalue weighted by Crippen LogP contribution is -2.51. The van der Waals surface area contributed by atoms with Crippen LogP contribution in [0.1, 0.15) is 24.3 Å². The van der Waals surface area contributed by atoms with E-state index in [0.717, 1.165) is 94.8 Å². The Morgan fingerprint density at radius 3 is 2.31 bits per heavy atom. The molecule has 0 radical (unpaired) electrons. The van der Waals surface area contributed by atoms with Gasteiger partial charge in [0.1, 0.15) is 24.2 Å². The summed E-state index contributed by atoms with van der Waals surface area (Å²) in [5, 5.41) is 6.75. The first-order valence-electron chi connectivity index (χ1n) is 14.8. The van der Waals surface area contributed by atoms with E-state index >= 15 is 0 Å². The van der Waals surface area contributed by atoms with Gasteiger partial charge in [-0.25, -0.2) is 9.97 Å². The standard InChI is InChI=1S/C30H39N9O2S/c1-22-26(6-7-29(41)34-22)23-2-4-24(5-3-23)38-14-10-36(11-15-38)8-9-37-12-16-39(17-13-37)28-18-27(32-21-33-28)35-30-31-19-25(20-40)42-30/h2-5,18,20-21,25-26H,1,6-17,19H2,(H,34,41)(H,31,32,33,35). The maximum atomic E-state index is 11.6. The number of thioether (sulfide) groups is 1. The molecular formula is C30H39N9O2S. The van der Waals surface area contributed by atoms with Gasteiger partial charge in [0.05, 0.1) is 11.8 Å². The number of amides is 1.